The number of aromatic nitrogens is 2. The van der Waals surface area contributed by atoms with Crippen molar-refractivity contribution >= 4 is 0 Å². The molecule has 2 aromatic heterocycles. The quantitative estimate of drug-likeness (QED) is 0.771. The van der Waals surface area contributed by atoms with Gasteiger partial charge in [-0.2, -0.15) is 13.2 Å². The van der Waals surface area contributed by atoms with E-state index in [1.807, 2.05) is 0 Å². The normalized spacial score (nSPS) is 11.6. The van der Waals surface area contributed by atoms with Crippen molar-refractivity contribution in [3.63, 3.8) is 0 Å². The van der Waals surface area contributed by atoms with E-state index in [0.717, 1.165) is 11.8 Å². The molecule has 2 rings (SSSR count). The molecule has 0 aliphatic heterocycles. The van der Waals surface area contributed by atoms with Crippen molar-refractivity contribution in [3.05, 3.63) is 47.4 Å². The zero-order valence-corrected chi connectivity index (χ0v) is 9.92. The van der Waals surface area contributed by atoms with Gasteiger partial charge in [0.1, 0.15) is 5.69 Å². The van der Waals surface area contributed by atoms with E-state index in [0.29, 0.717) is 17.0 Å². The summed E-state index contributed by atoms with van der Waals surface area (Å²) < 4.78 is 38.0. The van der Waals surface area contributed by atoms with Gasteiger partial charge in [0.25, 0.3) is 0 Å². The third-order valence-electron chi connectivity index (χ3n) is 2.43. The molecule has 18 heavy (non-hydrogen) atoms. The molecule has 0 amide bonds. The summed E-state index contributed by atoms with van der Waals surface area (Å²) in [6.07, 6.45) is -4.44. The minimum atomic E-state index is -4.44. The highest BCUT2D eigenvalue weighted by atomic mass is 19.4. The Hall–Kier alpha value is -1.91. The Kier molecular flexibility index (Phi) is 3.07. The van der Waals surface area contributed by atoms with Crippen molar-refractivity contribution in [1.29, 1.82) is 0 Å². The van der Waals surface area contributed by atoms with Crippen LogP contribution in [0, 0.1) is 13.8 Å². The van der Waals surface area contributed by atoms with Crippen molar-refractivity contribution < 1.29 is 13.2 Å². The van der Waals surface area contributed by atoms with Crippen LogP contribution in [0.25, 0.3) is 11.3 Å². The van der Waals surface area contributed by atoms with E-state index in [9.17, 15) is 13.2 Å². The first-order valence-corrected chi connectivity index (χ1v) is 5.36. The van der Waals surface area contributed by atoms with Gasteiger partial charge in [-0.05, 0) is 38.1 Å². The van der Waals surface area contributed by atoms with Gasteiger partial charge < -0.3 is 0 Å². The van der Waals surface area contributed by atoms with Crippen molar-refractivity contribution in [1.82, 2.24) is 9.97 Å². The molecule has 0 unspecified atom stereocenters. The van der Waals surface area contributed by atoms with Crippen LogP contribution in [0.5, 0.6) is 0 Å². The number of halogens is 3. The van der Waals surface area contributed by atoms with Gasteiger partial charge in [0.05, 0.1) is 5.69 Å². The summed E-state index contributed by atoms with van der Waals surface area (Å²) in [5.74, 6) is 0. The van der Waals surface area contributed by atoms with Crippen molar-refractivity contribution in [2.24, 2.45) is 0 Å². The van der Waals surface area contributed by atoms with E-state index in [2.05, 4.69) is 9.97 Å². The number of aryl methyl sites for hydroxylation is 2. The summed E-state index contributed by atoms with van der Waals surface area (Å²) in [7, 11) is 0. The lowest BCUT2D eigenvalue weighted by Crippen LogP contribution is -2.09. The molecule has 0 spiro atoms. The maximum atomic E-state index is 12.7. The monoisotopic (exact) mass is 252 g/mol. The molecule has 0 atom stereocenters. The van der Waals surface area contributed by atoms with Gasteiger partial charge in [-0.3, -0.25) is 4.98 Å². The lowest BCUT2D eigenvalue weighted by atomic mass is 10.1. The van der Waals surface area contributed by atoms with E-state index >= 15 is 0 Å². The highest BCUT2D eigenvalue weighted by molar-refractivity contribution is 5.60. The summed E-state index contributed by atoms with van der Waals surface area (Å²) in [5, 5.41) is 0. The molecule has 0 fully saturated rings. The average molecular weight is 252 g/mol. The molecule has 5 heteroatoms. The summed E-state index contributed by atoms with van der Waals surface area (Å²) in [6, 6.07) is 7.86. The largest absolute Gasteiger partial charge is 0.433 e. The van der Waals surface area contributed by atoms with Gasteiger partial charge in [0.2, 0.25) is 0 Å². The van der Waals surface area contributed by atoms with Crippen molar-refractivity contribution in [3.8, 4) is 11.3 Å². The molecule has 0 aromatic carbocycles. The Bertz CT molecular complexity index is 577. The first-order chi connectivity index (χ1) is 8.36. The van der Waals surface area contributed by atoms with Gasteiger partial charge >= 0.3 is 6.18 Å². The predicted molar refractivity (Wildman–Crippen MR) is 61.9 cm³/mol. The predicted octanol–water partition coefficient (Wildman–Crippen LogP) is 3.78. The smallest absolute Gasteiger partial charge is 0.253 e. The Balaban J connectivity index is 2.55. The lowest BCUT2D eigenvalue weighted by molar-refractivity contribution is -0.141. The first kappa shape index (κ1) is 12.5. The molecule has 0 aliphatic rings. The van der Waals surface area contributed by atoms with Gasteiger partial charge in [0.15, 0.2) is 0 Å². The van der Waals surface area contributed by atoms with E-state index in [1.165, 1.54) is 6.92 Å². The highest BCUT2D eigenvalue weighted by Crippen LogP contribution is 2.30. The minimum Gasteiger partial charge on any atom is -0.253 e. The standard InChI is InChI=1S/C13H11F3N2/c1-8-4-3-5-11(17-8)10-6-9(2)18-12(7-10)13(14,15)16/h3-7H,1-2H3. The second-order valence-corrected chi connectivity index (χ2v) is 4.04. The number of hydrogen-bond acceptors (Lipinski definition) is 2. The maximum absolute atomic E-state index is 12.7. The fourth-order valence-electron chi connectivity index (χ4n) is 1.67. The molecule has 0 saturated carbocycles. The van der Waals surface area contributed by atoms with Crippen LogP contribution in [-0.2, 0) is 6.18 Å². The number of pyridine rings is 2. The molecule has 0 saturated heterocycles. The molecular weight excluding hydrogens is 241 g/mol. The Labute approximate surface area is 103 Å². The van der Waals surface area contributed by atoms with Gasteiger partial charge in [-0.15, -0.1) is 0 Å². The van der Waals surface area contributed by atoms with Crippen LogP contribution in [0.2, 0.25) is 0 Å². The molecule has 2 heterocycles. The molecule has 94 valence electrons. The number of rotatable bonds is 1. The molecule has 0 radical (unpaired) electrons. The number of alkyl halides is 3. The molecule has 2 aromatic rings. The van der Waals surface area contributed by atoms with Gasteiger partial charge in [-0.1, -0.05) is 6.07 Å². The number of nitrogens with zero attached hydrogens (tertiary/aromatic N) is 2. The fraction of sp³-hybridized carbons (Fsp3) is 0.231. The molecule has 0 N–H and O–H groups in total. The summed E-state index contributed by atoms with van der Waals surface area (Å²) in [4.78, 5) is 7.71. The lowest BCUT2D eigenvalue weighted by Gasteiger charge is -2.09. The molecule has 2 nitrogen and oxygen atoms in total. The van der Waals surface area contributed by atoms with E-state index < -0.39 is 11.9 Å². The highest BCUT2D eigenvalue weighted by Gasteiger charge is 2.33. The van der Waals surface area contributed by atoms with E-state index in [-0.39, 0.29) is 0 Å². The topological polar surface area (TPSA) is 25.8 Å². The zero-order chi connectivity index (χ0) is 13.3. The molecule has 0 aliphatic carbocycles. The SMILES string of the molecule is Cc1cccc(-c2cc(C)nc(C(F)(F)F)c2)n1. The average Bonchev–Trinajstić information content (AvgIpc) is 2.27. The van der Waals surface area contributed by atoms with Crippen LogP contribution in [0.15, 0.2) is 30.3 Å². The molecule has 0 bridgehead atoms. The summed E-state index contributed by atoms with van der Waals surface area (Å²) in [6.45, 7) is 3.33. The van der Waals surface area contributed by atoms with Crippen LogP contribution < -0.4 is 0 Å². The van der Waals surface area contributed by atoms with Crippen LogP contribution in [-0.4, -0.2) is 9.97 Å². The minimum absolute atomic E-state index is 0.322. The Morgan fingerprint density at radius 3 is 2.28 bits per heavy atom. The Morgan fingerprint density at radius 1 is 0.944 bits per heavy atom. The van der Waals surface area contributed by atoms with E-state index in [4.69, 9.17) is 0 Å². The fourth-order valence-corrected chi connectivity index (χ4v) is 1.67. The first-order valence-electron chi connectivity index (χ1n) is 5.36. The van der Waals surface area contributed by atoms with Crippen molar-refractivity contribution in [2.45, 2.75) is 20.0 Å². The third kappa shape index (κ3) is 2.67. The second kappa shape index (κ2) is 4.40. The maximum Gasteiger partial charge on any atom is 0.433 e. The van der Waals surface area contributed by atoms with E-state index in [1.54, 1.807) is 31.2 Å². The summed E-state index contributed by atoms with van der Waals surface area (Å²) in [5.41, 5.74) is 1.14. The van der Waals surface area contributed by atoms with Crippen molar-refractivity contribution in [2.75, 3.05) is 0 Å². The van der Waals surface area contributed by atoms with Crippen LogP contribution >= 0.6 is 0 Å². The van der Waals surface area contributed by atoms with Crippen LogP contribution in [0.4, 0.5) is 13.2 Å². The van der Waals surface area contributed by atoms with Gasteiger partial charge in [0, 0.05) is 17.0 Å². The number of hydrogen-bond donors (Lipinski definition) is 0. The zero-order valence-electron chi connectivity index (χ0n) is 9.92. The third-order valence-corrected chi connectivity index (χ3v) is 2.43. The van der Waals surface area contributed by atoms with Crippen LogP contribution in [0.3, 0.4) is 0 Å². The Morgan fingerprint density at radius 2 is 1.67 bits per heavy atom. The molecular formula is C13H11F3N2. The second-order valence-electron chi connectivity index (χ2n) is 4.04. The van der Waals surface area contributed by atoms with Gasteiger partial charge in [-0.25, -0.2) is 4.98 Å². The van der Waals surface area contributed by atoms with Crippen LogP contribution in [0.1, 0.15) is 17.1 Å². The summed E-state index contributed by atoms with van der Waals surface area (Å²) >= 11 is 0.